The van der Waals surface area contributed by atoms with E-state index in [0.717, 1.165) is 18.0 Å². The fourth-order valence-corrected chi connectivity index (χ4v) is 3.94. The number of likely N-dealkylation sites (tertiary alicyclic amines) is 1. The first-order chi connectivity index (χ1) is 11.5. The Hall–Kier alpha value is -1.65. The summed E-state index contributed by atoms with van der Waals surface area (Å²) in [5.41, 5.74) is 3.96. The number of benzene rings is 2. The molecule has 128 valence electrons. The number of anilines is 1. The van der Waals surface area contributed by atoms with Gasteiger partial charge in [-0.25, -0.2) is 0 Å². The number of rotatable bonds is 5. The van der Waals surface area contributed by atoms with E-state index in [9.17, 15) is 4.21 Å². The zero-order chi connectivity index (χ0) is 17.1. The van der Waals surface area contributed by atoms with E-state index >= 15 is 0 Å². The summed E-state index contributed by atoms with van der Waals surface area (Å²) in [7, 11) is 3.27. The van der Waals surface area contributed by atoms with Crippen LogP contribution < -0.4 is 4.90 Å². The molecule has 0 saturated carbocycles. The van der Waals surface area contributed by atoms with Gasteiger partial charge in [0.25, 0.3) is 0 Å². The summed E-state index contributed by atoms with van der Waals surface area (Å²) < 4.78 is 11.5. The molecule has 1 aliphatic heterocycles. The number of hydrogen-bond donors (Lipinski definition) is 0. The molecule has 2 unspecified atom stereocenters. The van der Waals surface area contributed by atoms with Gasteiger partial charge in [-0.15, -0.1) is 0 Å². The maximum atomic E-state index is 11.5. The van der Waals surface area contributed by atoms with Gasteiger partial charge in [-0.2, -0.15) is 0 Å². The lowest BCUT2D eigenvalue weighted by Gasteiger charge is -2.26. The van der Waals surface area contributed by atoms with Gasteiger partial charge in [0.1, 0.15) is 0 Å². The molecule has 1 saturated heterocycles. The van der Waals surface area contributed by atoms with E-state index < -0.39 is 10.8 Å². The van der Waals surface area contributed by atoms with E-state index in [1.165, 1.54) is 29.7 Å². The SMILES string of the molecule is CN(C)c1cccc(C2CCCN2Cc2ccc(S(C)=O)cc2)c1. The maximum absolute atomic E-state index is 11.5. The van der Waals surface area contributed by atoms with Crippen LogP contribution in [-0.2, 0) is 17.3 Å². The van der Waals surface area contributed by atoms with E-state index in [2.05, 4.69) is 60.3 Å². The molecule has 2 aromatic carbocycles. The Morgan fingerprint density at radius 2 is 1.92 bits per heavy atom. The second kappa shape index (κ2) is 7.49. The Morgan fingerprint density at radius 1 is 1.17 bits per heavy atom. The van der Waals surface area contributed by atoms with Crippen molar-refractivity contribution < 1.29 is 4.21 Å². The highest BCUT2D eigenvalue weighted by Crippen LogP contribution is 2.34. The predicted octanol–water partition coefficient (Wildman–Crippen LogP) is 3.83. The van der Waals surface area contributed by atoms with Gasteiger partial charge in [0.2, 0.25) is 0 Å². The van der Waals surface area contributed by atoms with E-state index in [1.54, 1.807) is 6.26 Å². The fraction of sp³-hybridized carbons (Fsp3) is 0.400. The van der Waals surface area contributed by atoms with Crippen LogP contribution in [0, 0.1) is 0 Å². The predicted molar refractivity (Wildman–Crippen MR) is 102 cm³/mol. The van der Waals surface area contributed by atoms with Crippen LogP contribution in [0.25, 0.3) is 0 Å². The van der Waals surface area contributed by atoms with Crippen LogP contribution >= 0.6 is 0 Å². The Morgan fingerprint density at radius 3 is 2.58 bits per heavy atom. The van der Waals surface area contributed by atoms with Crippen molar-refractivity contribution in [2.24, 2.45) is 0 Å². The molecule has 3 rings (SSSR count). The van der Waals surface area contributed by atoms with Crippen molar-refractivity contribution in [3.8, 4) is 0 Å². The third-order valence-corrected chi connectivity index (χ3v) is 5.71. The molecule has 2 aromatic rings. The van der Waals surface area contributed by atoms with Gasteiger partial charge < -0.3 is 4.90 Å². The fourth-order valence-electron chi connectivity index (χ4n) is 3.42. The van der Waals surface area contributed by atoms with Crippen molar-refractivity contribution in [1.82, 2.24) is 4.90 Å². The van der Waals surface area contributed by atoms with Crippen molar-refractivity contribution in [3.05, 3.63) is 59.7 Å². The summed E-state index contributed by atoms with van der Waals surface area (Å²) in [5, 5.41) is 0. The maximum Gasteiger partial charge on any atom is 0.0498 e. The number of hydrogen-bond acceptors (Lipinski definition) is 3. The Labute approximate surface area is 147 Å². The van der Waals surface area contributed by atoms with Gasteiger partial charge in [0.15, 0.2) is 0 Å². The van der Waals surface area contributed by atoms with Crippen LogP contribution in [0.2, 0.25) is 0 Å². The lowest BCUT2D eigenvalue weighted by molar-refractivity contribution is 0.248. The molecule has 2 atom stereocenters. The molecule has 1 heterocycles. The summed E-state index contributed by atoms with van der Waals surface area (Å²) in [5.74, 6) is 0. The Kier molecular flexibility index (Phi) is 5.36. The van der Waals surface area contributed by atoms with Gasteiger partial charge in [-0.3, -0.25) is 9.11 Å². The van der Waals surface area contributed by atoms with Crippen LogP contribution in [-0.4, -0.2) is 36.0 Å². The average molecular weight is 343 g/mol. The molecule has 1 fully saturated rings. The third-order valence-electron chi connectivity index (χ3n) is 4.78. The molecule has 0 N–H and O–H groups in total. The molecule has 0 amide bonds. The molecule has 0 radical (unpaired) electrons. The van der Waals surface area contributed by atoms with Crippen LogP contribution in [0.4, 0.5) is 5.69 Å². The van der Waals surface area contributed by atoms with Crippen molar-refractivity contribution in [3.63, 3.8) is 0 Å². The minimum atomic E-state index is -0.903. The van der Waals surface area contributed by atoms with E-state index in [4.69, 9.17) is 0 Å². The van der Waals surface area contributed by atoms with Crippen molar-refractivity contribution >= 4 is 16.5 Å². The Balaban J connectivity index is 1.76. The first-order valence-electron chi connectivity index (χ1n) is 8.48. The molecule has 0 spiro atoms. The topological polar surface area (TPSA) is 23.6 Å². The molecular weight excluding hydrogens is 316 g/mol. The highest BCUT2D eigenvalue weighted by molar-refractivity contribution is 7.84. The summed E-state index contributed by atoms with van der Waals surface area (Å²) in [6, 6.07) is 17.6. The van der Waals surface area contributed by atoms with Crippen molar-refractivity contribution in [2.75, 3.05) is 31.8 Å². The van der Waals surface area contributed by atoms with Gasteiger partial charge in [-0.05, 0) is 54.8 Å². The minimum absolute atomic E-state index is 0.491. The highest BCUT2D eigenvalue weighted by atomic mass is 32.2. The normalized spacial score (nSPS) is 19.4. The quantitative estimate of drug-likeness (QED) is 0.825. The molecule has 1 aliphatic rings. The molecule has 0 aliphatic carbocycles. The van der Waals surface area contributed by atoms with Gasteiger partial charge in [0, 0.05) is 54.3 Å². The average Bonchev–Trinajstić information content (AvgIpc) is 3.03. The summed E-state index contributed by atoms with van der Waals surface area (Å²) in [4.78, 5) is 5.62. The molecule has 0 aromatic heterocycles. The third kappa shape index (κ3) is 3.87. The molecular formula is C20H26N2OS. The van der Waals surface area contributed by atoms with Crippen molar-refractivity contribution in [1.29, 1.82) is 0 Å². The monoisotopic (exact) mass is 342 g/mol. The second-order valence-corrected chi connectivity index (χ2v) is 8.10. The van der Waals surface area contributed by atoms with Crippen LogP contribution in [0.1, 0.15) is 30.0 Å². The van der Waals surface area contributed by atoms with Crippen LogP contribution in [0.3, 0.4) is 0 Å². The van der Waals surface area contributed by atoms with Gasteiger partial charge in [0.05, 0.1) is 0 Å². The van der Waals surface area contributed by atoms with Crippen molar-refractivity contribution in [2.45, 2.75) is 30.3 Å². The highest BCUT2D eigenvalue weighted by Gasteiger charge is 2.26. The molecule has 0 bridgehead atoms. The van der Waals surface area contributed by atoms with E-state index in [0.29, 0.717) is 6.04 Å². The lowest BCUT2D eigenvalue weighted by Crippen LogP contribution is -2.23. The first-order valence-corrected chi connectivity index (χ1v) is 10.0. The first kappa shape index (κ1) is 17.2. The minimum Gasteiger partial charge on any atom is -0.378 e. The summed E-state index contributed by atoms with van der Waals surface area (Å²) in [6.45, 7) is 2.09. The number of nitrogens with zero attached hydrogens (tertiary/aromatic N) is 2. The largest absolute Gasteiger partial charge is 0.378 e. The van der Waals surface area contributed by atoms with Gasteiger partial charge >= 0.3 is 0 Å². The standard InChI is InChI=1S/C20H26N2OS/c1-21(2)18-7-4-6-17(14-18)20-8-5-13-22(20)15-16-9-11-19(12-10-16)24(3)23/h4,6-7,9-12,14,20H,5,8,13,15H2,1-3H3. The molecule has 4 heteroatoms. The smallest absolute Gasteiger partial charge is 0.0498 e. The van der Waals surface area contributed by atoms with Crippen LogP contribution in [0.5, 0.6) is 0 Å². The molecule has 3 nitrogen and oxygen atoms in total. The zero-order valence-corrected chi connectivity index (χ0v) is 15.6. The summed E-state index contributed by atoms with van der Waals surface area (Å²) in [6.07, 6.45) is 4.19. The zero-order valence-electron chi connectivity index (χ0n) is 14.7. The molecule has 24 heavy (non-hydrogen) atoms. The summed E-state index contributed by atoms with van der Waals surface area (Å²) >= 11 is 0. The Bertz CT molecular complexity index is 712. The second-order valence-electron chi connectivity index (χ2n) is 6.72. The van der Waals surface area contributed by atoms with E-state index in [1.807, 2.05) is 12.1 Å². The lowest BCUT2D eigenvalue weighted by atomic mass is 10.0. The van der Waals surface area contributed by atoms with Gasteiger partial charge in [-0.1, -0.05) is 24.3 Å². The van der Waals surface area contributed by atoms with E-state index in [-0.39, 0.29) is 0 Å². The van der Waals surface area contributed by atoms with Crippen LogP contribution in [0.15, 0.2) is 53.4 Å².